The highest BCUT2D eigenvalue weighted by molar-refractivity contribution is 5.96. The third-order valence-corrected chi connectivity index (χ3v) is 3.83. The van der Waals surface area contributed by atoms with E-state index in [1.807, 2.05) is 0 Å². The first-order chi connectivity index (χ1) is 9.70. The summed E-state index contributed by atoms with van der Waals surface area (Å²) in [6, 6.07) is 6.59. The van der Waals surface area contributed by atoms with Crippen molar-refractivity contribution < 1.29 is 0 Å². The van der Waals surface area contributed by atoms with E-state index in [4.69, 9.17) is 0 Å². The van der Waals surface area contributed by atoms with Gasteiger partial charge in [-0.05, 0) is 25.5 Å². The average molecular weight is 266 g/mol. The Kier molecular flexibility index (Phi) is 3.29. The second-order valence-electron chi connectivity index (χ2n) is 5.35. The lowest BCUT2D eigenvalue weighted by atomic mass is 10.0. The van der Waals surface area contributed by atoms with Crippen LogP contribution >= 0.6 is 0 Å². The van der Waals surface area contributed by atoms with Gasteiger partial charge < -0.3 is 10.2 Å². The second kappa shape index (κ2) is 5.10. The van der Waals surface area contributed by atoms with E-state index in [1.165, 1.54) is 11.1 Å². The largest absolute Gasteiger partial charge is 0.367 e. The number of aromatic nitrogens is 1. The summed E-state index contributed by atoms with van der Waals surface area (Å²) in [4.78, 5) is 6.79. The first-order valence-electron chi connectivity index (χ1n) is 6.96. The lowest BCUT2D eigenvalue weighted by molar-refractivity contribution is 0.590. The van der Waals surface area contributed by atoms with Gasteiger partial charge >= 0.3 is 0 Å². The van der Waals surface area contributed by atoms with Crippen molar-refractivity contribution in [2.75, 3.05) is 31.1 Å². The number of aryl methyl sites for hydroxylation is 2. The smallest absolute Gasteiger partial charge is 0.103 e. The molecule has 4 nitrogen and oxygen atoms in total. The molecular formula is C16H18N4. The molecule has 20 heavy (non-hydrogen) atoms. The topological polar surface area (TPSA) is 52.0 Å². The van der Waals surface area contributed by atoms with Crippen molar-refractivity contribution in [2.24, 2.45) is 0 Å². The third kappa shape index (κ3) is 2.10. The van der Waals surface area contributed by atoms with Crippen LogP contribution in [0.3, 0.4) is 0 Å². The Balaban J connectivity index is 2.28. The Morgan fingerprint density at radius 1 is 1.25 bits per heavy atom. The van der Waals surface area contributed by atoms with Gasteiger partial charge in [0.25, 0.3) is 0 Å². The van der Waals surface area contributed by atoms with E-state index in [-0.39, 0.29) is 0 Å². The minimum atomic E-state index is 0.671. The van der Waals surface area contributed by atoms with Crippen LogP contribution in [-0.4, -0.2) is 31.2 Å². The Hall–Kier alpha value is -2.12. The van der Waals surface area contributed by atoms with Gasteiger partial charge in [-0.15, -0.1) is 0 Å². The molecule has 2 aromatic rings. The SMILES string of the molecule is Cc1cc(C)c2ncc(C#N)c(N3CCNCC3)c2c1. The van der Waals surface area contributed by atoms with Crippen molar-refractivity contribution in [1.29, 1.82) is 5.26 Å². The fourth-order valence-corrected chi connectivity index (χ4v) is 2.96. The van der Waals surface area contributed by atoms with E-state index in [2.05, 4.69) is 47.3 Å². The van der Waals surface area contributed by atoms with E-state index < -0.39 is 0 Å². The molecule has 0 radical (unpaired) electrons. The maximum Gasteiger partial charge on any atom is 0.103 e. The molecule has 1 aliphatic rings. The van der Waals surface area contributed by atoms with Gasteiger partial charge in [-0.1, -0.05) is 11.6 Å². The number of hydrogen-bond donors (Lipinski definition) is 1. The summed E-state index contributed by atoms with van der Waals surface area (Å²) in [5, 5.41) is 13.9. The monoisotopic (exact) mass is 266 g/mol. The van der Waals surface area contributed by atoms with Gasteiger partial charge in [0.1, 0.15) is 6.07 Å². The van der Waals surface area contributed by atoms with E-state index in [0.29, 0.717) is 5.56 Å². The van der Waals surface area contributed by atoms with Crippen molar-refractivity contribution in [1.82, 2.24) is 10.3 Å². The summed E-state index contributed by atoms with van der Waals surface area (Å²) >= 11 is 0. The van der Waals surface area contributed by atoms with Crippen LogP contribution in [0.25, 0.3) is 10.9 Å². The molecule has 3 rings (SSSR count). The number of nitrogens with zero attached hydrogens (tertiary/aromatic N) is 3. The summed E-state index contributed by atoms with van der Waals surface area (Å²) in [7, 11) is 0. The van der Waals surface area contributed by atoms with Gasteiger partial charge in [0, 0.05) is 37.8 Å². The van der Waals surface area contributed by atoms with Crippen LogP contribution in [0.15, 0.2) is 18.3 Å². The number of rotatable bonds is 1. The normalized spacial score (nSPS) is 15.3. The van der Waals surface area contributed by atoms with Crippen molar-refractivity contribution >= 4 is 16.6 Å². The molecule has 1 fully saturated rings. The Morgan fingerprint density at radius 3 is 2.70 bits per heavy atom. The molecule has 1 N–H and O–H groups in total. The fraction of sp³-hybridized carbons (Fsp3) is 0.375. The predicted molar refractivity (Wildman–Crippen MR) is 81.0 cm³/mol. The van der Waals surface area contributed by atoms with Gasteiger partial charge in [0.15, 0.2) is 0 Å². The minimum absolute atomic E-state index is 0.671. The lowest BCUT2D eigenvalue weighted by Gasteiger charge is -2.31. The van der Waals surface area contributed by atoms with E-state index in [0.717, 1.165) is 42.8 Å². The molecule has 0 atom stereocenters. The Labute approximate surface area is 119 Å². The molecule has 0 amide bonds. The van der Waals surface area contributed by atoms with Crippen molar-refractivity contribution in [3.8, 4) is 6.07 Å². The number of fused-ring (bicyclic) bond motifs is 1. The molecule has 1 aromatic carbocycles. The Bertz CT molecular complexity index is 694. The molecule has 0 aliphatic carbocycles. The van der Waals surface area contributed by atoms with E-state index in [1.54, 1.807) is 6.20 Å². The number of pyridine rings is 1. The standard InChI is InChI=1S/C16H18N4/c1-11-7-12(2)15-14(8-11)16(13(9-17)10-19-15)20-5-3-18-4-6-20/h7-8,10,18H,3-6H2,1-2H3. The molecular weight excluding hydrogens is 248 g/mol. The van der Waals surface area contributed by atoms with Crippen molar-refractivity contribution in [2.45, 2.75) is 13.8 Å². The maximum absolute atomic E-state index is 9.41. The van der Waals surface area contributed by atoms with Crippen LogP contribution in [-0.2, 0) is 0 Å². The van der Waals surface area contributed by atoms with Gasteiger partial charge in [-0.3, -0.25) is 4.98 Å². The highest BCUT2D eigenvalue weighted by Crippen LogP contribution is 2.31. The molecule has 4 heteroatoms. The van der Waals surface area contributed by atoms with E-state index >= 15 is 0 Å². The molecule has 0 bridgehead atoms. The molecule has 0 spiro atoms. The van der Waals surface area contributed by atoms with Crippen LogP contribution in [0.4, 0.5) is 5.69 Å². The first kappa shape index (κ1) is 12.9. The Morgan fingerprint density at radius 2 is 2.00 bits per heavy atom. The molecule has 1 aliphatic heterocycles. The highest BCUT2D eigenvalue weighted by Gasteiger charge is 2.18. The summed E-state index contributed by atoms with van der Waals surface area (Å²) in [5.74, 6) is 0. The zero-order valence-corrected chi connectivity index (χ0v) is 11.9. The molecule has 102 valence electrons. The zero-order chi connectivity index (χ0) is 14.1. The third-order valence-electron chi connectivity index (χ3n) is 3.83. The van der Waals surface area contributed by atoms with Gasteiger partial charge in [0.05, 0.1) is 16.8 Å². The number of nitrogens with one attached hydrogen (secondary N) is 1. The average Bonchev–Trinajstić information content (AvgIpc) is 2.46. The lowest BCUT2D eigenvalue weighted by Crippen LogP contribution is -2.44. The van der Waals surface area contributed by atoms with Crippen LogP contribution in [0.2, 0.25) is 0 Å². The van der Waals surface area contributed by atoms with Gasteiger partial charge in [-0.2, -0.15) is 5.26 Å². The number of benzene rings is 1. The van der Waals surface area contributed by atoms with Crippen molar-refractivity contribution in [3.05, 3.63) is 35.0 Å². The molecule has 1 aromatic heterocycles. The molecule has 1 saturated heterocycles. The number of hydrogen-bond acceptors (Lipinski definition) is 4. The highest BCUT2D eigenvalue weighted by atomic mass is 15.2. The van der Waals surface area contributed by atoms with Crippen LogP contribution in [0.1, 0.15) is 16.7 Å². The zero-order valence-electron chi connectivity index (χ0n) is 11.9. The van der Waals surface area contributed by atoms with Gasteiger partial charge in [0.2, 0.25) is 0 Å². The molecule has 0 unspecified atom stereocenters. The van der Waals surface area contributed by atoms with Crippen LogP contribution in [0.5, 0.6) is 0 Å². The fourth-order valence-electron chi connectivity index (χ4n) is 2.96. The van der Waals surface area contributed by atoms with E-state index in [9.17, 15) is 5.26 Å². The number of anilines is 1. The second-order valence-corrected chi connectivity index (χ2v) is 5.35. The summed E-state index contributed by atoms with van der Waals surface area (Å²) in [6.07, 6.45) is 1.71. The molecule has 0 saturated carbocycles. The van der Waals surface area contributed by atoms with Gasteiger partial charge in [-0.25, -0.2) is 0 Å². The maximum atomic E-state index is 9.41. The predicted octanol–water partition coefficient (Wildman–Crippen LogP) is 2.13. The summed E-state index contributed by atoms with van der Waals surface area (Å²) < 4.78 is 0. The van der Waals surface area contributed by atoms with Crippen LogP contribution < -0.4 is 10.2 Å². The number of nitriles is 1. The number of piperazine rings is 1. The van der Waals surface area contributed by atoms with Crippen molar-refractivity contribution in [3.63, 3.8) is 0 Å². The molecule has 2 heterocycles. The minimum Gasteiger partial charge on any atom is -0.367 e. The summed E-state index contributed by atoms with van der Waals surface area (Å²) in [6.45, 7) is 7.95. The van der Waals surface area contributed by atoms with Crippen LogP contribution in [0, 0.1) is 25.2 Å². The summed E-state index contributed by atoms with van der Waals surface area (Å²) in [5.41, 5.74) is 5.10. The first-order valence-corrected chi connectivity index (χ1v) is 6.96. The quantitative estimate of drug-likeness (QED) is 0.859.